The van der Waals surface area contributed by atoms with Crippen LogP contribution >= 0.6 is 27.5 Å². The van der Waals surface area contributed by atoms with Crippen molar-refractivity contribution in [2.45, 2.75) is 18.8 Å². The van der Waals surface area contributed by atoms with Gasteiger partial charge in [-0.05, 0) is 40.9 Å². The smallest absolute Gasteiger partial charge is 0.139 e. The molecule has 104 valence electrons. The third kappa shape index (κ3) is 3.04. The van der Waals surface area contributed by atoms with Crippen molar-refractivity contribution in [3.05, 3.63) is 39.7 Å². The quantitative estimate of drug-likeness (QED) is 0.820. The van der Waals surface area contributed by atoms with Crippen molar-refractivity contribution in [1.82, 2.24) is 9.97 Å². The van der Waals surface area contributed by atoms with Gasteiger partial charge in [0.2, 0.25) is 0 Å². The second-order valence-corrected chi connectivity index (χ2v) is 5.90. The number of hydrogen-bond acceptors (Lipinski definition) is 4. The van der Waals surface area contributed by atoms with Crippen LogP contribution in [-0.4, -0.2) is 17.1 Å². The molecule has 1 heterocycles. The highest BCUT2D eigenvalue weighted by atomic mass is 79.9. The lowest BCUT2D eigenvalue weighted by molar-refractivity contribution is 0.415. The highest BCUT2D eigenvalue weighted by Crippen LogP contribution is 2.39. The summed E-state index contributed by atoms with van der Waals surface area (Å²) in [6.07, 6.45) is 2.34. The molecule has 0 unspecified atom stereocenters. The third-order valence-corrected chi connectivity index (χ3v) is 3.80. The maximum atomic E-state index is 6.01. The maximum absolute atomic E-state index is 6.01. The first kappa shape index (κ1) is 13.6. The van der Waals surface area contributed by atoms with E-state index >= 15 is 0 Å². The Hall–Kier alpha value is -1.33. The van der Waals surface area contributed by atoms with Crippen LogP contribution in [0.1, 0.15) is 24.6 Å². The molecule has 0 saturated heterocycles. The van der Waals surface area contributed by atoms with Crippen molar-refractivity contribution in [2.75, 3.05) is 12.4 Å². The minimum Gasteiger partial charge on any atom is -0.495 e. The molecular formula is C14H13BrClN3O. The second-order valence-electron chi connectivity index (χ2n) is 4.68. The molecule has 2 aromatic rings. The molecule has 1 aromatic heterocycles. The average Bonchev–Trinajstić information content (AvgIpc) is 3.25. The molecule has 1 saturated carbocycles. The zero-order valence-corrected chi connectivity index (χ0v) is 13.2. The number of methoxy groups -OCH3 is 1. The summed E-state index contributed by atoms with van der Waals surface area (Å²) in [4.78, 5) is 8.95. The standard InChI is InChI=1S/C14H13BrClN3O/c1-20-11-6-9(4-5-10(11)16)17-13-7-12(15)18-14(19-13)8-2-3-8/h4-8H,2-3H2,1H3,(H,17,18,19). The molecule has 0 radical (unpaired) electrons. The van der Waals surface area contributed by atoms with E-state index in [1.54, 1.807) is 13.2 Å². The Bertz CT molecular complexity index is 646. The lowest BCUT2D eigenvalue weighted by Gasteiger charge is -2.10. The summed E-state index contributed by atoms with van der Waals surface area (Å²) in [5, 5.41) is 3.83. The van der Waals surface area contributed by atoms with Gasteiger partial charge in [-0.2, -0.15) is 0 Å². The van der Waals surface area contributed by atoms with Crippen LogP contribution in [0.3, 0.4) is 0 Å². The van der Waals surface area contributed by atoms with Crippen molar-refractivity contribution in [3.63, 3.8) is 0 Å². The molecule has 0 aliphatic heterocycles. The van der Waals surface area contributed by atoms with Gasteiger partial charge in [0.25, 0.3) is 0 Å². The van der Waals surface area contributed by atoms with Crippen molar-refractivity contribution < 1.29 is 4.74 Å². The molecule has 1 N–H and O–H groups in total. The number of rotatable bonds is 4. The van der Waals surface area contributed by atoms with Gasteiger partial charge in [0.05, 0.1) is 12.1 Å². The fraction of sp³-hybridized carbons (Fsp3) is 0.286. The Labute approximate surface area is 130 Å². The molecule has 1 aromatic carbocycles. The predicted molar refractivity (Wildman–Crippen MR) is 83.0 cm³/mol. The molecule has 1 aliphatic rings. The summed E-state index contributed by atoms with van der Waals surface area (Å²) in [5.41, 5.74) is 0.874. The van der Waals surface area contributed by atoms with Crippen molar-refractivity contribution in [3.8, 4) is 5.75 Å². The lowest BCUT2D eigenvalue weighted by Crippen LogP contribution is -2.00. The molecule has 4 nitrogen and oxygen atoms in total. The first-order valence-corrected chi connectivity index (χ1v) is 7.48. The number of anilines is 2. The van der Waals surface area contributed by atoms with Gasteiger partial charge >= 0.3 is 0 Å². The molecule has 20 heavy (non-hydrogen) atoms. The summed E-state index contributed by atoms with van der Waals surface area (Å²) in [6.45, 7) is 0. The number of aromatic nitrogens is 2. The zero-order chi connectivity index (χ0) is 14.1. The number of nitrogens with zero attached hydrogens (tertiary/aromatic N) is 2. The van der Waals surface area contributed by atoms with E-state index in [-0.39, 0.29) is 0 Å². The van der Waals surface area contributed by atoms with Gasteiger partial charge in [0, 0.05) is 23.7 Å². The highest BCUT2D eigenvalue weighted by Gasteiger charge is 2.27. The van der Waals surface area contributed by atoms with Gasteiger partial charge in [-0.3, -0.25) is 0 Å². The van der Waals surface area contributed by atoms with E-state index in [0.29, 0.717) is 16.7 Å². The van der Waals surface area contributed by atoms with Crippen molar-refractivity contribution >= 4 is 39.0 Å². The minimum absolute atomic E-state index is 0.507. The van der Waals surface area contributed by atoms with Gasteiger partial charge in [-0.1, -0.05) is 11.6 Å². The van der Waals surface area contributed by atoms with Gasteiger partial charge in [-0.15, -0.1) is 0 Å². The predicted octanol–water partition coefficient (Wildman–Crippen LogP) is 4.52. The SMILES string of the molecule is COc1cc(Nc2cc(Br)nc(C3CC3)n2)ccc1Cl. The number of halogens is 2. The van der Waals surface area contributed by atoms with Gasteiger partial charge in [-0.25, -0.2) is 9.97 Å². The van der Waals surface area contributed by atoms with E-state index in [1.165, 1.54) is 12.8 Å². The van der Waals surface area contributed by atoms with Crippen LogP contribution in [0, 0.1) is 0 Å². The fourth-order valence-electron chi connectivity index (χ4n) is 1.91. The molecular weight excluding hydrogens is 342 g/mol. The van der Waals surface area contributed by atoms with E-state index < -0.39 is 0 Å². The maximum Gasteiger partial charge on any atom is 0.139 e. The first-order chi connectivity index (χ1) is 9.65. The van der Waals surface area contributed by atoms with Crippen LogP contribution in [0.2, 0.25) is 5.02 Å². The van der Waals surface area contributed by atoms with Gasteiger partial charge in [0.15, 0.2) is 0 Å². The van der Waals surface area contributed by atoms with Crippen molar-refractivity contribution in [2.24, 2.45) is 0 Å². The summed E-state index contributed by atoms with van der Waals surface area (Å²) < 4.78 is 5.99. The Balaban J connectivity index is 1.87. The van der Waals surface area contributed by atoms with Crippen LogP contribution in [-0.2, 0) is 0 Å². The third-order valence-electron chi connectivity index (χ3n) is 3.08. The van der Waals surface area contributed by atoms with Crippen LogP contribution < -0.4 is 10.1 Å². The van der Waals surface area contributed by atoms with Crippen LogP contribution in [0.5, 0.6) is 5.75 Å². The molecule has 3 rings (SSSR count). The largest absolute Gasteiger partial charge is 0.495 e. The number of benzene rings is 1. The second kappa shape index (κ2) is 5.58. The number of nitrogens with one attached hydrogen (secondary N) is 1. The number of ether oxygens (including phenoxy) is 1. The molecule has 1 fully saturated rings. The Kier molecular flexibility index (Phi) is 3.81. The normalized spacial score (nSPS) is 14.2. The van der Waals surface area contributed by atoms with E-state index in [4.69, 9.17) is 16.3 Å². The molecule has 1 aliphatic carbocycles. The zero-order valence-electron chi connectivity index (χ0n) is 10.9. The average molecular weight is 355 g/mol. The van der Waals surface area contributed by atoms with E-state index in [1.807, 2.05) is 18.2 Å². The van der Waals surface area contributed by atoms with E-state index in [9.17, 15) is 0 Å². The van der Waals surface area contributed by atoms with Gasteiger partial charge < -0.3 is 10.1 Å². The first-order valence-electron chi connectivity index (χ1n) is 6.31. The minimum atomic E-state index is 0.507. The van der Waals surface area contributed by atoms with Crippen LogP contribution in [0.15, 0.2) is 28.9 Å². The molecule has 0 atom stereocenters. The Morgan fingerprint density at radius 2 is 2.10 bits per heavy atom. The summed E-state index contributed by atoms with van der Waals surface area (Å²) in [7, 11) is 1.59. The van der Waals surface area contributed by atoms with E-state index in [0.717, 1.165) is 21.9 Å². The number of hydrogen-bond donors (Lipinski definition) is 1. The highest BCUT2D eigenvalue weighted by molar-refractivity contribution is 9.10. The van der Waals surface area contributed by atoms with Crippen LogP contribution in [0.4, 0.5) is 11.5 Å². The topological polar surface area (TPSA) is 47.0 Å². The molecule has 0 bridgehead atoms. The van der Waals surface area contributed by atoms with Crippen molar-refractivity contribution in [1.29, 1.82) is 0 Å². The monoisotopic (exact) mass is 353 g/mol. The molecule has 0 spiro atoms. The molecule has 0 amide bonds. The Morgan fingerprint density at radius 3 is 2.80 bits per heavy atom. The van der Waals surface area contributed by atoms with Gasteiger partial charge in [0.1, 0.15) is 22.0 Å². The summed E-state index contributed by atoms with van der Waals surface area (Å²) >= 11 is 9.44. The summed E-state index contributed by atoms with van der Waals surface area (Å²) in [6, 6.07) is 7.38. The lowest BCUT2D eigenvalue weighted by atomic mass is 10.3. The Morgan fingerprint density at radius 1 is 1.30 bits per heavy atom. The molecule has 6 heteroatoms. The fourth-order valence-corrected chi connectivity index (χ4v) is 2.50. The van der Waals surface area contributed by atoms with E-state index in [2.05, 4.69) is 31.2 Å². The van der Waals surface area contributed by atoms with Crippen LogP contribution in [0.25, 0.3) is 0 Å². The summed E-state index contributed by atoms with van der Waals surface area (Å²) in [5.74, 6) is 2.79.